The van der Waals surface area contributed by atoms with Crippen molar-refractivity contribution in [3.63, 3.8) is 0 Å². The number of fused-ring (bicyclic) bond motifs is 1. The van der Waals surface area contributed by atoms with Crippen molar-refractivity contribution in [1.29, 1.82) is 0 Å². The Balaban J connectivity index is 1.36. The molecule has 1 unspecified atom stereocenters. The number of nitro groups is 1. The Labute approximate surface area is 216 Å². The SMILES string of the molecule is COc1cc(COc2ccc([N+](=O)[O-])cc2)ccc1OC/C=C/C1=C(C(=O)O)N2C(=O)[C@H](C(C)O)[C@H]2S1. The van der Waals surface area contributed by atoms with Crippen LogP contribution in [0.3, 0.4) is 0 Å². The topological polar surface area (TPSA) is 149 Å². The molecule has 4 rings (SSSR count). The maximum absolute atomic E-state index is 12.3. The lowest BCUT2D eigenvalue weighted by Crippen LogP contribution is -2.60. The van der Waals surface area contributed by atoms with E-state index in [1.165, 1.54) is 55.0 Å². The fraction of sp³-hybridized carbons (Fsp3) is 0.280. The molecule has 2 aromatic carbocycles. The van der Waals surface area contributed by atoms with Crippen molar-refractivity contribution in [1.82, 2.24) is 4.90 Å². The standard InChI is InChI=1S/C25H24N2O9S/c1-14(28)21-23(29)26-22(25(30)31)20(37-24(21)26)4-3-11-35-18-10-5-15(12-19(18)34-2)13-36-17-8-6-16(7-9-17)27(32)33/h3-10,12,14,21,24,28H,11,13H2,1-2H3,(H,30,31)/b4-3+/t14?,21-,24+/m0/s1. The van der Waals surface area contributed by atoms with E-state index in [0.717, 1.165) is 5.56 Å². The molecule has 0 saturated carbocycles. The molecule has 1 amide bonds. The molecule has 0 bridgehead atoms. The molecule has 2 aliphatic heterocycles. The van der Waals surface area contributed by atoms with Gasteiger partial charge in [-0.05, 0) is 48.9 Å². The number of thioether (sulfide) groups is 1. The zero-order chi connectivity index (χ0) is 26.7. The minimum absolute atomic E-state index is 0.0196. The third-order valence-electron chi connectivity index (χ3n) is 5.81. The van der Waals surface area contributed by atoms with Crippen LogP contribution in [-0.2, 0) is 16.2 Å². The summed E-state index contributed by atoms with van der Waals surface area (Å²) in [5, 5.41) is 29.7. The van der Waals surface area contributed by atoms with Gasteiger partial charge in [-0.15, -0.1) is 0 Å². The van der Waals surface area contributed by atoms with Crippen LogP contribution < -0.4 is 14.2 Å². The number of β-lactam (4-membered cyclic amide) rings is 1. The van der Waals surface area contributed by atoms with Gasteiger partial charge in [-0.1, -0.05) is 17.8 Å². The van der Waals surface area contributed by atoms with Crippen LogP contribution in [0.25, 0.3) is 0 Å². The van der Waals surface area contributed by atoms with Crippen molar-refractivity contribution in [3.8, 4) is 17.2 Å². The van der Waals surface area contributed by atoms with Gasteiger partial charge in [0.25, 0.3) is 5.69 Å². The van der Waals surface area contributed by atoms with Gasteiger partial charge in [0.2, 0.25) is 5.91 Å². The molecule has 11 nitrogen and oxygen atoms in total. The summed E-state index contributed by atoms with van der Waals surface area (Å²) in [5.41, 5.74) is 0.676. The normalized spacial score (nSPS) is 19.4. The molecule has 0 radical (unpaired) electrons. The summed E-state index contributed by atoms with van der Waals surface area (Å²) >= 11 is 1.23. The summed E-state index contributed by atoms with van der Waals surface area (Å²) < 4.78 is 16.8. The number of ether oxygens (including phenoxy) is 3. The minimum Gasteiger partial charge on any atom is -0.493 e. The van der Waals surface area contributed by atoms with E-state index in [1.807, 2.05) is 0 Å². The Morgan fingerprint density at radius 1 is 1.22 bits per heavy atom. The second kappa shape index (κ2) is 10.9. The van der Waals surface area contributed by atoms with E-state index in [2.05, 4.69) is 0 Å². The molecule has 194 valence electrons. The summed E-state index contributed by atoms with van der Waals surface area (Å²) in [5.74, 6) is -0.817. The van der Waals surface area contributed by atoms with Crippen molar-refractivity contribution in [2.45, 2.75) is 25.0 Å². The zero-order valence-corrected chi connectivity index (χ0v) is 20.7. The molecule has 0 aliphatic carbocycles. The molecule has 0 aromatic heterocycles. The molecular weight excluding hydrogens is 504 g/mol. The number of carboxylic acids is 1. The Kier molecular flexibility index (Phi) is 7.69. The lowest BCUT2D eigenvalue weighted by atomic mass is 9.92. The first kappa shape index (κ1) is 26.0. The number of allylic oxidation sites excluding steroid dienone is 1. The molecule has 2 aliphatic rings. The summed E-state index contributed by atoms with van der Waals surface area (Å²) in [4.78, 5) is 35.9. The van der Waals surface area contributed by atoms with E-state index in [0.29, 0.717) is 22.2 Å². The number of aliphatic hydroxyl groups excluding tert-OH is 1. The third kappa shape index (κ3) is 5.39. The number of carbonyl (C=O) groups is 2. The highest BCUT2D eigenvalue weighted by Crippen LogP contribution is 2.50. The van der Waals surface area contributed by atoms with Gasteiger partial charge in [0.05, 0.1) is 24.1 Å². The number of carboxylic acid groups (broad SMARTS) is 1. The molecule has 2 N–H and O–H groups in total. The Bertz CT molecular complexity index is 1270. The predicted molar refractivity (Wildman–Crippen MR) is 133 cm³/mol. The fourth-order valence-electron chi connectivity index (χ4n) is 3.97. The van der Waals surface area contributed by atoms with Crippen LogP contribution in [0.2, 0.25) is 0 Å². The maximum Gasteiger partial charge on any atom is 0.353 e. The van der Waals surface area contributed by atoms with Gasteiger partial charge in [0, 0.05) is 17.0 Å². The maximum atomic E-state index is 12.3. The van der Waals surface area contributed by atoms with Crippen molar-refractivity contribution < 1.29 is 38.9 Å². The van der Waals surface area contributed by atoms with E-state index in [1.54, 1.807) is 30.4 Å². The Morgan fingerprint density at radius 3 is 2.57 bits per heavy atom. The first-order valence-corrected chi connectivity index (χ1v) is 12.1. The smallest absolute Gasteiger partial charge is 0.353 e. The van der Waals surface area contributed by atoms with E-state index in [-0.39, 0.29) is 24.6 Å². The Morgan fingerprint density at radius 2 is 1.95 bits per heavy atom. The highest BCUT2D eigenvalue weighted by atomic mass is 32.2. The van der Waals surface area contributed by atoms with Gasteiger partial charge in [-0.3, -0.25) is 19.8 Å². The van der Waals surface area contributed by atoms with Gasteiger partial charge in [-0.25, -0.2) is 4.79 Å². The molecule has 0 spiro atoms. The molecule has 2 heterocycles. The highest BCUT2D eigenvalue weighted by molar-refractivity contribution is 8.04. The lowest BCUT2D eigenvalue weighted by molar-refractivity contribution is -0.384. The van der Waals surface area contributed by atoms with Gasteiger partial charge in [0.15, 0.2) is 11.5 Å². The van der Waals surface area contributed by atoms with Crippen molar-refractivity contribution in [2.75, 3.05) is 13.7 Å². The van der Waals surface area contributed by atoms with Crippen LogP contribution in [-0.4, -0.2) is 57.1 Å². The number of hydrogen-bond donors (Lipinski definition) is 2. The van der Waals surface area contributed by atoms with Crippen molar-refractivity contribution >= 4 is 29.3 Å². The van der Waals surface area contributed by atoms with E-state index in [4.69, 9.17) is 14.2 Å². The average Bonchev–Trinajstić information content (AvgIpc) is 3.19. The number of benzene rings is 2. The summed E-state index contributed by atoms with van der Waals surface area (Å²) in [7, 11) is 1.50. The molecule has 37 heavy (non-hydrogen) atoms. The van der Waals surface area contributed by atoms with Crippen LogP contribution in [0.15, 0.2) is 65.2 Å². The van der Waals surface area contributed by atoms with Crippen molar-refractivity contribution in [3.05, 3.63) is 80.9 Å². The zero-order valence-electron chi connectivity index (χ0n) is 19.9. The van der Waals surface area contributed by atoms with Crippen LogP contribution in [0.1, 0.15) is 12.5 Å². The molecule has 3 atom stereocenters. The second-order valence-electron chi connectivity index (χ2n) is 8.24. The summed E-state index contributed by atoms with van der Waals surface area (Å²) in [6.07, 6.45) is 2.37. The van der Waals surface area contributed by atoms with Crippen LogP contribution in [0.4, 0.5) is 5.69 Å². The molecule has 1 fully saturated rings. The first-order chi connectivity index (χ1) is 17.7. The Hall–Kier alpha value is -4.03. The average molecular weight is 529 g/mol. The highest BCUT2D eigenvalue weighted by Gasteiger charge is 2.57. The summed E-state index contributed by atoms with van der Waals surface area (Å²) in [6.45, 7) is 1.84. The first-order valence-electron chi connectivity index (χ1n) is 11.2. The van der Waals surface area contributed by atoms with Gasteiger partial charge in [-0.2, -0.15) is 0 Å². The number of non-ortho nitro benzene ring substituents is 1. The summed E-state index contributed by atoms with van der Waals surface area (Å²) in [6, 6.07) is 11.0. The van der Waals surface area contributed by atoms with Gasteiger partial charge >= 0.3 is 5.97 Å². The number of aliphatic hydroxyl groups is 1. The fourth-order valence-corrected chi connectivity index (χ4v) is 5.51. The number of nitro benzene ring substituents is 1. The number of carbonyl (C=O) groups excluding carboxylic acids is 1. The van der Waals surface area contributed by atoms with E-state index < -0.39 is 34.2 Å². The monoisotopic (exact) mass is 528 g/mol. The number of methoxy groups -OCH3 is 1. The second-order valence-corrected chi connectivity index (χ2v) is 9.40. The molecule has 2 aromatic rings. The third-order valence-corrected chi connectivity index (χ3v) is 7.14. The predicted octanol–water partition coefficient (Wildman–Crippen LogP) is 3.33. The molecule has 1 saturated heterocycles. The van der Waals surface area contributed by atoms with Crippen LogP contribution in [0, 0.1) is 16.0 Å². The quantitative estimate of drug-likeness (QED) is 0.253. The van der Waals surface area contributed by atoms with Gasteiger partial charge < -0.3 is 24.4 Å². The van der Waals surface area contributed by atoms with Crippen LogP contribution in [0.5, 0.6) is 17.2 Å². The van der Waals surface area contributed by atoms with Crippen LogP contribution >= 0.6 is 11.8 Å². The lowest BCUT2D eigenvalue weighted by Gasteiger charge is -2.43. The molecular formula is C25H24N2O9S. The number of amides is 1. The van der Waals surface area contributed by atoms with E-state index in [9.17, 15) is 29.9 Å². The number of nitrogens with zero attached hydrogens (tertiary/aromatic N) is 2. The number of aliphatic carboxylic acids is 1. The molecule has 12 heteroatoms. The minimum atomic E-state index is -1.21. The largest absolute Gasteiger partial charge is 0.493 e. The number of rotatable bonds is 11. The van der Waals surface area contributed by atoms with Gasteiger partial charge in [0.1, 0.15) is 30.0 Å². The van der Waals surface area contributed by atoms with Crippen molar-refractivity contribution in [2.24, 2.45) is 5.92 Å². The van der Waals surface area contributed by atoms with E-state index >= 15 is 0 Å². The number of hydrogen-bond acceptors (Lipinski definition) is 9.